The molecule has 0 aromatic rings. The van der Waals surface area contributed by atoms with E-state index in [2.05, 4.69) is 5.32 Å². The number of aliphatic hydroxyl groups is 2. The Morgan fingerprint density at radius 2 is 1.71 bits per heavy atom. The van der Waals surface area contributed by atoms with Crippen LogP contribution in [0, 0.1) is 5.92 Å². The van der Waals surface area contributed by atoms with Gasteiger partial charge in [0.15, 0.2) is 0 Å². The average Bonchev–Trinajstić information content (AvgIpc) is 2.16. The molecule has 0 aromatic carbocycles. The molecule has 0 heterocycles. The Morgan fingerprint density at radius 3 is 2.29 bits per heavy atom. The number of hydrogen-bond donors (Lipinski definition) is 3. The molecule has 0 rings (SSSR count). The maximum Gasteiger partial charge on any atom is 0.0687 e. The minimum absolute atomic E-state index is 0.229. The van der Waals surface area contributed by atoms with Gasteiger partial charge in [0.2, 0.25) is 0 Å². The lowest BCUT2D eigenvalue weighted by atomic mass is 10.1. The second-order valence-corrected chi connectivity index (χ2v) is 4.15. The van der Waals surface area contributed by atoms with Crippen molar-refractivity contribution in [3.8, 4) is 0 Å². The highest BCUT2D eigenvalue weighted by molar-refractivity contribution is 4.62. The van der Waals surface area contributed by atoms with E-state index in [9.17, 15) is 5.11 Å². The molecule has 0 fully saturated rings. The van der Waals surface area contributed by atoms with Crippen molar-refractivity contribution in [3.63, 3.8) is 0 Å². The maximum atomic E-state index is 9.47. The van der Waals surface area contributed by atoms with Gasteiger partial charge in [0, 0.05) is 13.2 Å². The Balaban J connectivity index is 3.06. The van der Waals surface area contributed by atoms with Crippen LogP contribution in [0.5, 0.6) is 0 Å². The number of nitrogens with one attached hydrogen (secondary N) is 1. The quantitative estimate of drug-likeness (QED) is 0.493. The maximum absolute atomic E-state index is 9.47. The van der Waals surface area contributed by atoms with E-state index in [1.165, 1.54) is 0 Å². The van der Waals surface area contributed by atoms with Gasteiger partial charge in [0.05, 0.1) is 6.10 Å². The van der Waals surface area contributed by atoms with E-state index in [4.69, 9.17) is 5.11 Å². The van der Waals surface area contributed by atoms with E-state index in [1.54, 1.807) is 0 Å². The van der Waals surface area contributed by atoms with Crippen LogP contribution in [0.3, 0.4) is 0 Å². The van der Waals surface area contributed by atoms with Crippen molar-refractivity contribution in [2.45, 2.75) is 45.6 Å². The molecule has 1 atom stereocenters. The zero-order valence-corrected chi connectivity index (χ0v) is 9.50. The number of unbranched alkanes of at least 4 members (excludes halogenated alkanes) is 3. The van der Waals surface area contributed by atoms with Crippen LogP contribution in [0.2, 0.25) is 0 Å². The molecule has 0 aromatic heterocycles. The molecule has 0 amide bonds. The molecular weight excluding hydrogens is 178 g/mol. The zero-order valence-electron chi connectivity index (χ0n) is 9.50. The molecule has 3 N–H and O–H groups in total. The lowest BCUT2D eigenvalue weighted by Crippen LogP contribution is -2.31. The van der Waals surface area contributed by atoms with Gasteiger partial charge < -0.3 is 15.5 Å². The topological polar surface area (TPSA) is 52.5 Å². The molecule has 3 nitrogen and oxygen atoms in total. The van der Waals surface area contributed by atoms with Crippen molar-refractivity contribution in [1.29, 1.82) is 0 Å². The van der Waals surface area contributed by atoms with Gasteiger partial charge in [-0.3, -0.25) is 0 Å². The van der Waals surface area contributed by atoms with Gasteiger partial charge in [-0.1, -0.05) is 26.7 Å². The highest BCUT2D eigenvalue weighted by Gasteiger charge is 2.07. The first-order valence-corrected chi connectivity index (χ1v) is 5.68. The Morgan fingerprint density at radius 1 is 1.07 bits per heavy atom. The van der Waals surface area contributed by atoms with Crippen LogP contribution in [0.4, 0.5) is 0 Å². The van der Waals surface area contributed by atoms with E-state index >= 15 is 0 Å². The molecule has 3 heteroatoms. The summed E-state index contributed by atoms with van der Waals surface area (Å²) in [6.07, 6.45) is 4.07. The number of rotatable bonds is 9. The summed E-state index contributed by atoms with van der Waals surface area (Å²) >= 11 is 0. The first-order chi connectivity index (χ1) is 6.68. The molecule has 14 heavy (non-hydrogen) atoms. The Kier molecular flexibility index (Phi) is 9.35. The van der Waals surface area contributed by atoms with Crippen molar-refractivity contribution in [2.24, 2.45) is 5.92 Å². The van der Waals surface area contributed by atoms with E-state index in [0.717, 1.165) is 32.2 Å². The van der Waals surface area contributed by atoms with Crippen LogP contribution in [-0.2, 0) is 0 Å². The van der Waals surface area contributed by atoms with Crippen molar-refractivity contribution in [3.05, 3.63) is 0 Å². The summed E-state index contributed by atoms with van der Waals surface area (Å²) in [4.78, 5) is 0. The monoisotopic (exact) mass is 203 g/mol. The summed E-state index contributed by atoms with van der Waals surface area (Å²) in [5.41, 5.74) is 0. The minimum Gasteiger partial charge on any atom is -0.396 e. The highest BCUT2D eigenvalue weighted by Crippen LogP contribution is 2.00. The summed E-state index contributed by atoms with van der Waals surface area (Å²) in [5.74, 6) is 0.330. The van der Waals surface area contributed by atoms with Crippen LogP contribution in [0.25, 0.3) is 0 Å². The van der Waals surface area contributed by atoms with E-state index < -0.39 is 0 Å². The van der Waals surface area contributed by atoms with Crippen LogP contribution < -0.4 is 5.32 Å². The molecule has 1 unspecified atom stereocenters. The Labute approximate surface area is 87.5 Å². The van der Waals surface area contributed by atoms with Gasteiger partial charge in [0.25, 0.3) is 0 Å². The normalized spacial score (nSPS) is 13.5. The van der Waals surface area contributed by atoms with E-state index in [0.29, 0.717) is 19.1 Å². The SMILES string of the molecule is CC(C)C(O)CNCCCCCCO. The van der Waals surface area contributed by atoms with Crippen LogP contribution >= 0.6 is 0 Å². The summed E-state index contributed by atoms with van der Waals surface area (Å²) < 4.78 is 0. The first kappa shape index (κ1) is 13.9. The second-order valence-electron chi connectivity index (χ2n) is 4.15. The zero-order chi connectivity index (χ0) is 10.8. The smallest absolute Gasteiger partial charge is 0.0687 e. The molecule has 0 aliphatic rings. The van der Waals surface area contributed by atoms with Gasteiger partial charge in [-0.15, -0.1) is 0 Å². The molecule has 0 aliphatic heterocycles. The minimum atomic E-state index is -0.229. The highest BCUT2D eigenvalue weighted by atomic mass is 16.3. The fourth-order valence-corrected chi connectivity index (χ4v) is 1.20. The van der Waals surface area contributed by atoms with Crippen molar-refractivity contribution in [1.82, 2.24) is 5.32 Å². The summed E-state index contributed by atoms with van der Waals surface area (Å²) in [5, 5.41) is 21.3. The summed E-state index contributed by atoms with van der Waals surface area (Å²) in [7, 11) is 0. The van der Waals surface area contributed by atoms with E-state index in [-0.39, 0.29) is 6.10 Å². The lowest BCUT2D eigenvalue weighted by Gasteiger charge is -2.14. The molecule has 0 saturated heterocycles. The number of aliphatic hydroxyl groups excluding tert-OH is 2. The molecule has 0 saturated carbocycles. The lowest BCUT2D eigenvalue weighted by molar-refractivity contribution is 0.123. The fourth-order valence-electron chi connectivity index (χ4n) is 1.20. The van der Waals surface area contributed by atoms with Crippen LogP contribution in [-0.4, -0.2) is 36.0 Å². The van der Waals surface area contributed by atoms with E-state index in [1.807, 2.05) is 13.8 Å². The van der Waals surface area contributed by atoms with Gasteiger partial charge in [-0.05, 0) is 25.3 Å². The van der Waals surface area contributed by atoms with Gasteiger partial charge in [-0.25, -0.2) is 0 Å². The van der Waals surface area contributed by atoms with Gasteiger partial charge in [0.1, 0.15) is 0 Å². The standard InChI is InChI=1S/C11H25NO2/c1-10(2)11(14)9-12-7-5-3-4-6-8-13/h10-14H,3-9H2,1-2H3. The summed E-state index contributed by atoms with van der Waals surface area (Å²) in [6, 6.07) is 0. The Hall–Kier alpha value is -0.120. The molecule has 0 spiro atoms. The third kappa shape index (κ3) is 8.48. The fraction of sp³-hybridized carbons (Fsp3) is 1.00. The van der Waals surface area contributed by atoms with Crippen LogP contribution in [0.15, 0.2) is 0 Å². The Bertz CT molecular complexity index is 118. The van der Waals surface area contributed by atoms with Crippen molar-refractivity contribution in [2.75, 3.05) is 19.7 Å². The molecule has 86 valence electrons. The average molecular weight is 203 g/mol. The summed E-state index contributed by atoms with van der Waals surface area (Å²) in [6.45, 7) is 6.01. The molecular formula is C11H25NO2. The largest absolute Gasteiger partial charge is 0.396 e. The molecule has 0 aliphatic carbocycles. The molecule has 0 bridgehead atoms. The molecule has 0 radical (unpaired) electrons. The van der Waals surface area contributed by atoms with Crippen molar-refractivity contribution < 1.29 is 10.2 Å². The third-order valence-electron chi connectivity index (χ3n) is 2.38. The van der Waals surface area contributed by atoms with Gasteiger partial charge in [-0.2, -0.15) is 0 Å². The first-order valence-electron chi connectivity index (χ1n) is 5.68. The predicted octanol–water partition coefficient (Wildman–Crippen LogP) is 1.15. The number of hydrogen-bond acceptors (Lipinski definition) is 3. The van der Waals surface area contributed by atoms with Gasteiger partial charge >= 0.3 is 0 Å². The van der Waals surface area contributed by atoms with Crippen molar-refractivity contribution >= 4 is 0 Å². The second kappa shape index (κ2) is 9.44. The third-order valence-corrected chi connectivity index (χ3v) is 2.38. The predicted molar refractivity (Wildman–Crippen MR) is 59.3 cm³/mol. The van der Waals surface area contributed by atoms with Crippen LogP contribution in [0.1, 0.15) is 39.5 Å².